The highest BCUT2D eigenvalue weighted by atomic mass is 35.5. The Morgan fingerprint density at radius 1 is 1.16 bits per heavy atom. The molecule has 1 N–H and O–H groups in total. The smallest absolute Gasteiger partial charge is 0.264 e. The van der Waals surface area contributed by atoms with E-state index in [1.165, 1.54) is 13.2 Å². The Morgan fingerprint density at radius 3 is 2.59 bits per heavy atom. The average Bonchev–Trinajstić information content (AvgIpc) is 3.12. The number of aromatic nitrogens is 2. The first-order valence-corrected chi connectivity index (χ1v) is 11.9. The third-order valence-electron chi connectivity index (χ3n) is 5.00. The maximum Gasteiger partial charge on any atom is 0.264 e. The van der Waals surface area contributed by atoms with Gasteiger partial charge in [-0.25, -0.2) is 8.42 Å². The normalized spacial score (nSPS) is 14.2. The Hall–Kier alpha value is -2.88. The molecule has 4 rings (SSSR count). The van der Waals surface area contributed by atoms with Gasteiger partial charge in [-0.05, 0) is 35.9 Å². The van der Waals surface area contributed by atoms with Crippen molar-refractivity contribution in [1.82, 2.24) is 9.78 Å². The van der Waals surface area contributed by atoms with E-state index >= 15 is 0 Å². The van der Waals surface area contributed by atoms with Gasteiger partial charge in [0, 0.05) is 16.3 Å². The van der Waals surface area contributed by atoms with Crippen molar-refractivity contribution in [2.24, 2.45) is 0 Å². The summed E-state index contributed by atoms with van der Waals surface area (Å²) in [5.74, 6) is 1.40. The number of methoxy groups -OCH3 is 2. The van der Waals surface area contributed by atoms with Gasteiger partial charge < -0.3 is 9.47 Å². The van der Waals surface area contributed by atoms with E-state index in [9.17, 15) is 8.42 Å². The van der Waals surface area contributed by atoms with Crippen molar-refractivity contribution in [3.05, 3.63) is 70.1 Å². The number of benzene rings is 2. The van der Waals surface area contributed by atoms with Gasteiger partial charge in [0.05, 0.1) is 31.7 Å². The summed E-state index contributed by atoms with van der Waals surface area (Å²) in [6, 6.07) is 13.0. The Bertz CT molecular complexity index is 1360. The van der Waals surface area contributed by atoms with Gasteiger partial charge in [-0.3, -0.25) is 9.40 Å². The summed E-state index contributed by atoms with van der Waals surface area (Å²) in [5, 5.41) is 5.43. The molecule has 32 heavy (non-hydrogen) atoms. The van der Waals surface area contributed by atoms with Crippen molar-refractivity contribution in [2.75, 3.05) is 18.9 Å². The first kappa shape index (κ1) is 22.3. The summed E-state index contributed by atoms with van der Waals surface area (Å²) in [5.41, 5.74) is 1.69. The molecule has 0 aliphatic heterocycles. The minimum atomic E-state index is -4.01. The summed E-state index contributed by atoms with van der Waals surface area (Å²) in [4.78, 5) is 0.253. The number of ether oxygens (including phenoxy) is 2. The number of halogens is 1. The molecule has 0 unspecified atom stereocenters. The Morgan fingerprint density at radius 2 is 1.91 bits per heavy atom. The Kier molecular flexibility index (Phi) is 6.23. The molecule has 1 heterocycles. The number of allylic oxidation sites excluding steroid dienone is 4. The van der Waals surface area contributed by atoms with E-state index in [0.717, 1.165) is 16.8 Å². The lowest BCUT2D eigenvalue weighted by atomic mass is 10.2. The fraction of sp³-hybridized carbons (Fsp3) is 0.182. The SMILES string of the molecule is COc1ccc(Cn2nc(NS(=O)(=O)C3=CC(Cl)=CCC3=S)c3c(OC)cccc32)cc1. The van der Waals surface area contributed by atoms with Gasteiger partial charge in [0.25, 0.3) is 10.0 Å². The van der Waals surface area contributed by atoms with E-state index in [1.807, 2.05) is 36.4 Å². The van der Waals surface area contributed by atoms with E-state index in [0.29, 0.717) is 22.7 Å². The number of nitrogens with one attached hydrogen (secondary N) is 1. The second-order valence-corrected chi connectivity index (χ2v) is 9.62. The van der Waals surface area contributed by atoms with E-state index in [-0.39, 0.29) is 22.0 Å². The monoisotopic (exact) mass is 489 g/mol. The van der Waals surface area contributed by atoms with Crippen molar-refractivity contribution in [1.29, 1.82) is 0 Å². The molecule has 0 radical (unpaired) electrons. The molecule has 1 aliphatic carbocycles. The molecular formula is C22H20ClN3O4S2. The van der Waals surface area contributed by atoms with Crippen LogP contribution in [0.5, 0.6) is 11.5 Å². The minimum absolute atomic E-state index is 0.0345. The third-order valence-corrected chi connectivity index (χ3v) is 7.18. The largest absolute Gasteiger partial charge is 0.497 e. The van der Waals surface area contributed by atoms with E-state index in [4.69, 9.17) is 33.3 Å². The molecule has 10 heteroatoms. The van der Waals surface area contributed by atoms with Crippen molar-refractivity contribution < 1.29 is 17.9 Å². The Labute approximate surface area is 196 Å². The van der Waals surface area contributed by atoms with E-state index in [2.05, 4.69) is 9.82 Å². The summed E-state index contributed by atoms with van der Waals surface area (Å²) < 4.78 is 41.3. The first-order chi connectivity index (χ1) is 15.3. The number of fused-ring (bicyclic) bond motifs is 1. The van der Waals surface area contributed by atoms with Crippen LogP contribution >= 0.6 is 23.8 Å². The highest BCUT2D eigenvalue weighted by Crippen LogP contribution is 2.34. The minimum Gasteiger partial charge on any atom is -0.497 e. The second kappa shape index (κ2) is 8.93. The summed E-state index contributed by atoms with van der Waals surface area (Å²) in [7, 11) is -0.874. The molecule has 0 fully saturated rings. The molecule has 0 saturated heterocycles. The van der Waals surface area contributed by atoms with Crippen LogP contribution in [0.15, 0.2) is 64.6 Å². The number of rotatable bonds is 7. The van der Waals surface area contributed by atoms with Crippen LogP contribution < -0.4 is 14.2 Å². The molecule has 0 saturated carbocycles. The summed E-state index contributed by atoms with van der Waals surface area (Å²) in [6.07, 6.45) is 3.31. The lowest BCUT2D eigenvalue weighted by molar-refractivity contribution is 0.414. The number of hydrogen-bond acceptors (Lipinski definition) is 6. The molecule has 7 nitrogen and oxygen atoms in total. The average molecular weight is 490 g/mol. The van der Waals surface area contributed by atoms with Crippen LogP contribution in [0.25, 0.3) is 10.9 Å². The predicted molar refractivity (Wildman–Crippen MR) is 130 cm³/mol. The Balaban J connectivity index is 1.77. The maximum absolute atomic E-state index is 13.1. The number of hydrogen-bond donors (Lipinski definition) is 1. The lowest BCUT2D eigenvalue weighted by Gasteiger charge is -2.14. The van der Waals surface area contributed by atoms with Gasteiger partial charge in [0.15, 0.2) is 5.82 Å². The maximum atomic E-state index is 13.1. The highest BCUT2D eigenvalue weighted by molar-refractivity contribution is 7.99. The van der Waals surface area contributed by atoms with Crippen molar-refractivity contribution in [2.45, 2.75) is 13.0 Å². The zero-order valence-electron chi connectivity index (χ0n) is 17.3. The molecule has 166 valence electrons. The van der Waals surface area contributed by atoms with Gasteiger partial charge in [0.2, 0.25) is 0 Å². The van der Waals surface area contributed by atoms with Gasteiger partial charge in [-0.1, -0.05) is 48.1 Å². The quantitative estimate of drug-likeness (QED) is 0.487. The molecule has 0 bridgehead atoms. The van der Waals surface area contributed by atoms with Crippen LogP contribution in [-0.4, -0.2) is 37.3 Å². The highest BCUT2D eigenvalue weighted by Gasteiger charge is 2.27. The topological polar surface area (TPSA) is 82.5 Å². The van der Waals surface area contributed by atoms with Crippen LogP contribution in [0, 0.1) is 0 Å². The third kappa shape index (κ3) is 4.36. The fourth-order valence-corrected chi connectivity index (χ4v) is 5.32. The molecule has 0 amide bonds. The standard InChI is InChI=1S/C22H20ClN3O4S2/c1-29-16-9-6-14(7-10-16)13-26-17-4-3-5-18(30-2)21(17)22(24-26)25-32(27,28)20-12-15(23)8-11-19(20)31/h3-10,12H,11,13H2,1-2H3,(H,24,25). The van der Waals surface area contributed by atoms with Crippen LogP contribution in [-0.2, 0) is 16.6 Å². The zero-order valence-corrected chi connectivity index (χ0v) is 19.7. The second-order valence-electron chi connectivity index (χ2n) is 7.04. The molecular weight excluding hydrogens is 470 g/mol. The van der Waals surface area contributed by atoms with Crippen LogP contribution in [0.2, 0.25) is 0 Å². The van der Waals surface area contributed by atoms with Crippen LogP contribution in [0.3, 0.4) is 0 Å². The molecule has 0 spiro atoms. The van der Waals surface area contributed by atoms with E-state index < -0.39 is 10.0 Å². The molecule has 2 aromatic carbocycles. The first-order valence-electron chi connectivity index (χ1n) is 9.62. The molecule has 1 aromatic heterocycles. The van der Waals surface area contributed by atoms with Crippen molar-refractivity contribution in [3.63, 3.8) is 0 Å². The predicted octanol–water partition coefficient (Wildman–Crippen LogP) is 4.62. The number of nitrogens with zero attached hydrogens (tertiary/aromatic N) is 2. The molecule has 0 atom stereocenters. The van der Waals surface area contributed by atoms with Gasteiger partial charge in [0.1, 0.15) is 16.4 Å². The van der Waals surface area contributed by atoms with Crippen molar-refractivity contribution in [3.8, 4) is 11.5 Å². The number of thiocarbonyl (C=S) groups is 1. The van der Waals surface area contributed by atoms with Crippen molar-refractivity contribution >= 4 is 55.4 Å². The number of anilines is 1. The lowest BCUT2D eigenvalue weighted by Crippen LogP contribution is -2.21. The number of sulfonamides is 1. The van der Waals surface area contributed by atoms with E-state index in [1.54, 1.807) is 23.9 Å². The van der Waals surface area contributed by atoms with Gasteiger partial charge in [-0.15, -0.1) is 0 Å². The summed E-state index contributed by atoms with van der Waals surface area (Å²) >= 11 is 11.3. The van der Waals surface area contributed by atoms with Crippen LogP contribution in [0.1, 0.15) is 12.0 Å². The fourth-order valence-electron chi connectivity index (χ4n) is 3.43. The molecule has 1 aliphatic rings. The molecule has 3 aromatic rings. The van der Waals surface area contributed by atoms with Crippen LogP contribution in [0.4, 0.5) is 5.82 Å². The summed E-state index contributed by atoms with van der Waals surface area (Å²) in [6.45, 7) is 0.422. The van der Waals surface area contributed by atoms with Gasteiger partial charge >= 0.3 is 0 Å². The zero-order chi connectivity index (χ0) is 22.9. The van der Waals surface area contributed by atoms with Gasteiger partial charge in [-0.2, -0.15) is 5.10 Å².